The van der Waals surface area contributed by atoms with Crippen LogP contribution in [0.5, 0.6) is 0 Å². The second-order valence-electron chi connectivity index (χ2n) is 10.6. The molecule has 0 amide bonds. The largest absolute Gasteiger partial charge is 0.481 e. The van der Waals surface area contributed by atoms with Gasteiger partial charge in [0, 0.05) is 35.3 Å². The fourth-order valence-corrected chi connectivity index (χ4v) is 9.59. The van der Waals surface area contributed by atoms with Crippen molar-refractivity contribution in [2.75, 3.05) is 19.1 Å². The van der Waals surface area contributed by atoms with E-state index in [1.165, 1.54) is 19.3 Å². The van der Waals surface area contributed by atoms with Gasteiger partial charge in [0.1, 0.15) is 0 Å². The number of methoxy groups -OCH3 is 1. The molecule has 5 aliphatic carbocycles. The molecule has 5 rings (SSSR count). The van der Waals surface area contributed by atoms with E-state index in [9.17, 15) is 14.1 Å². The standard InChI is InChI=1S/C22H36O4S/c1-20-8-5-9-21(2,19(23)24)16(20)7-11-22-10-6-14(12-17(20)22)15(13-27(4)25)18(22)26-3/h14-18H,5-13H2,1-4H3,(H,23,24)/t14-,15+,16+,17+,18-,20-,21-,22+,27?/m1/s1. The Bertz CT molecular complexity index is 650. The molecule has 0 radical (unpaired) electrons. The van der Waals surface area contributed by atoms with Crippen molar-refractivity contribution in [3.8, 4) is 0 Å². The van der Waals surface area contributed by atoms with Gasteiger partial charge in [0.25, 0.3) is 0 Å². The Balaban J connectivity index is 1.73. The molecule has 5 saturated carbocycles. The summed E-state index contributed by atoms with van der Waals surface area (Å²) in [5.74, 6) is 1.96. The fraction of sp³-hybridized carbons (Fsp3) is 0.955. The van der Waals surface area contributed by atoms with Gasteiger partial charge in [-0.25, -0.2) is 0 Å². The topological polar surface area (TPSA) is 63.6 Å². The predicted octanol–water partition coefficient (Wildman–Crippen LogP) is 4.10. The van der Waals surface area contributed by atoms with E-state index in [1.807, 2.05) is 20.3 Å². The van der Waals surface area contributed by atoms with Gasteiger partial charge in [-0.15, -0.1) is 0 Å². The van der Waals surface area contributed by atoms with E-state index in [-0.39, 0.29) is 22.9 Å². The molecule has 0 aromatic carbocycles. The Labute approximate surface area is 166 Å². The van der Waals surface area contributed by atoms with Crippen LogP contribution in [0.4, 0.5) is 0 Å². The van der Waals surface area contributed by atoms with Crippen molar-refractivity contribution in [2.24, 2.45) is 39.9 Å². The third kappa shape index (κ3) is 2.63. The molecule has 154 valence electrons. The van der Waals surface area contributed by atoms with E-state index >= 15 is 0 Å². The lowest BCUT2D eigenvalue weighted by Gasteiger charge is -2.70. The summed E-state index contributed by atoms with van der Waals surface area (Å²) in [5, 5.41) is 10.1. The molecule has 5 aliphatic rings. The highest BCUT2D eigenvalue weighted by Crippen LogP contribution is 2.72. The van der Waals surface area contributed by atoms with Gasteiger partial charge < -0.3 is 9.84 Å². The fourth-order valence-electron chi connectivity index (χ4n) is 8.61. The lowest BCUT2D eigenvalue weighted by Crippen LogP contribution is -2.67. The highest BCUT2D eigenvalue weighted by molar-refractivity contribution is 7.84. The zero-order valence-electron chi connectivity index (χ0n) is 17.3. The number of hydrogen-bond donors (Lipinski definition) is 1. The van der Waals surface area contributed by atoms with Gasteiger partial charge in [-0.1, -0.05) is 13.3 Å². The first kappa shape index (κ1) is 19.9. The minimum atomic E-state index is -0.797. The molecule has 0 aromatic heterocycles. The van der Waals surface area contributed by atoms with Gasteiger partial charge in [0.15, 0.2) is 0 Å². The predicted molar refractivity (Wildman–Crippen MR) is 107 cm³/mol. The van der Waals surface area contributed by atoms with Crippen molar-refractivity contribution < 1.29 is 18.8 Å². The van der Waals surface area contributed by atoms with Gasteiger partial charge in [0.05, 0.1) is 11.5 Å². The summed E-state index contributed by atoms with van der Waals surface area (Å²) in [6.07, 6.45) is 10.7. The molecule has 1 spiro atoms. The quantitative estimate of drug-likeness (QED) is 0.777. The third-order valence-corrected chi connectivity index (χ3v) is 10.5. The number of aliphatic carboxylic acids is 1. The van der Waals surface area contributed by atoms with Gasteiger partial charge >= 0.3 is 5.97 Å². The summed E-state index contributed by atoms with van der Waals surface area (Å²) in [5.41, 5.74) is -0.330. The smallest absolute Gasteiger partial charge is 0.309 e. The van der Waals surface area contributed by atoms with Gasteiger partial charge in [0.2, 0.25) is 0 Å². The summed E-state index contributed by atoms with van der Waals surface area (Å²) < 4.78 is 18.2. The van der Waals surface area contributed by atoms with Crippen LogP contribution in [0.25, 0.3) is 0 Å². The van der Waals surface area contributed by atoms with Crippen molar-refractivity contribution in [2.45, 2.75) is 71.3 Å². The molecule has 0 aliphatic heterocycles. The van der Waals surface area contributed by atoms with Crippen molar-refractivity contribution >= 4 is 16.8 Å². The van der Waals surface area contributed by atoms with Crippen molar-refractivity contribution in [3.05, 3.63) is 0 Å². The van der Waals surface area contributed by atoms with Crippen LogP contribution in [0.1, 0.15) is 65.2 Å². The van der Waals surface area contributed by atoms with Gasteiger partial charge in [-0.05, 0) is 81.0 Å². The Morgan fingerprint density at radius 2 is 1.85 bits per heavy atom. The summed E-state index contributed by atoms with van der Waals surface area (Å²) in [4.78, 5) is 12.2. The molecule has 27 heavy (non-hydrogen) atoms. The molecule has 9 atom stereocenters. The first-order valence-corrected chi connectivity index (χ1v) is 12.5. The summed E-state index contributed by atoms with van der Waals surface area (Å²) in [6, 6.07) is 0. The molecule has 2 bridgehead atoms. The molecule has 4 nitrogen and oxygen atoms in total. The number of carboxylic acids is 1. The molecular weight excluding hydrogens is 360 g/mol. The molecule has 0 heterocycles. The number of ether oxygens (including phenoxy) is 1. The summed E-state index contributed by atoms with van der Waals surface area (Å²) >= 11 is 0. The molecule has 0 saturated heterocycles. The molecule has 1 unspecified atom stereocenters. The normalized spacial score (nSPS) is 52.7. The highest BCUT2D eigenvalue weighted by Gasteiger charge is 2.68. The summed E-state index contributed by atoms with van der Waals surface area (Å²) in [7, 11) is 1.05. The third-order valence-electron chi connectivity index (χ3n) is 9.61. The maximum atomic E-state index is 12.2. The Morgan fingerprint density at radius 3 is 2.48 bits per heavy atom. The van der Waals surface area contributed by atoms with Crippen LogP contribution in [-0.4, -0.2) is 40.5 Å². The Hall–Kier alpha value is -0.420. The van der Waals surface area contributed by atoms with E-state index in [4.69, 9.17) is 4.74 Å². The number of carbonyl (C=O) groups is 1. The van der Waals surface area contributed by atoms with Crippen molar-refractivity contribution in [3.63, 3.8) is 0 Å². The zero-order chi connectivity index (χ0) is 19.6. The second-order valence-corrected chi connectivity index (χ2v) is 12.0. The van der Waals surface area contributed by atoms with Crippen LogP contribution >= 0.6 is 0 Å². The van der Waals surface area contributed by atoms with E-state index in [2.05, 4.69) is 6.92 Å². The minimum Gasteiger partial charge on any atom is -0.481 e. The number of carboxylic acid groups (broad SMARTS) is 1. The van der Waals surface area contributed by atoms with Crippen LogP contribution in [0.15, 0.2) is 0 Å². The molecule has 5 heteroatoms. The maximum absolute atomic E-state index is 12.2. The Morgan fingerprint density at radius 1 is 1.15 bits per heavy atom. The molecular formula is C22H36O4S. The average Bonchev–Trinajstić information content (AvgIpc) is 2.61. The average molecular weight is 397 g/mol. The van der Waals surface area contributed by atoms with Crippen LogP contribution in [0, 0.1) is 39.9 Å². The van der Waals surface area contributed by atoms with Crippen LogP contribution < -0.4 is 0 Å². The molecule has 5 fully saturated rings. The lowest BCUT2D eigenvalue weighted by molar-refractivity contribution is -0.247. The van der Waals surface area contributed by atoms with E-state index < -0.39 is 22.2 Å². The van der Waals surface area contributed by atoms with Crippen LogP contribution in [0.3, 0.4) is 0 Å². The molecule has 0 aromatic rings. The second kappa shape index (κ2) is 6.55. The van der Waals surface area contributed by atoms with Gasteiger partial charge in [-0.2, -0.15) is 0 Å². The SMILES string of the molecule is CO[C@@H]1[C@@H](CS(C)=O)[C@@H]2CC[C@@]13CC[C@H]1[C@@](C)(CCC[C@@]1(C)C(=O)O)[C@@H]3C2. The van der Waals surface area contributed by atoms with E-state index in [1.54, 1.807) is 0 Å². The number of fused-ring (bicyclic) bond motifs is 3. The zero-order valence-corrected chi connectivity index (χ0v) is 18.1. The molecule has 1 N–H and O–H groups in total. The van der Waals surface area contributed by atoms with Crippen LogP contribution in [-0.2, 0) is 20.3 Å². The Kier molecular flexibility index (Phi) is 4.82. The van der Waals surface area contributed by atoms with Crippen molar-refractivity contribution in [1.29, 1.82) is 0 Å². The number of hydrogen-bond acceptors (Lipinski definition) is 3. The van der Waals surface area contributed by atoms with Gasteiger partial charge in [-0.3, -0.25) is 9.00 Å². The van der Waals surface area contributed by atoms with Crippen LogP contribution in [0.2, 0.25) is 0 Å². The monoisotopic (exact) mass is 396 g/mol. The minimum absolute atomic E-state index is 0.0927. The highest BCUT2D eigenvalue weighted by atomic mass is 32.2. The first-order valence-electron chi connectivity index (χ1n) is 10.8. The number of rotatable bonds is 4. The maximum Gasteiger partial charge on any atom is 0.309 e. The van der Waals surface area contributed by atoms with E-state index in [0.717, 1.165) is 37.9 Å². The summed E-state index contributed by atoms with van der Waals surface area (Å²) in [6.45, 7) is 4.41. The van der Waals surface area contributed by atoms with Crippen molar-refractivity contribution in [1.82, 2.24) is 0 Å². The lowest BCUT2D eigenvalue weighted by atomic mass is 9.35. The van der Waals surface area contributed by atoms with E-state index in [0.29, 0.717) is 17.8 Å². The first-order chi connectivity index (χ1) is 12.7.